The van der Waals surface area contributed by atoms with Crippen LogP contribution in [-0.4, -0.2) is 35.7 Å². The van der Waals surface area contributed by atoms with E-state index in [2.05, 4.69) is 10.2 Å². The zero-order valence-electron chi connectivity index (χ0n) is 16.5. The van der Waals surface area contributed by atoms with Crippen molar-refractivity contribution in [2.45, 2.75) is 44.7 Å². The Bertz CT molecular complexity index is 830. The fourth-order valence-corrected chi connectivity index (χ4v) is 4.03. The molecule has 1 aliphatic rings. The Morgan fingerprint density at radius 1 is 1.07 bits per heavy atom. The van der Waals surface area contributed by atoms with Crippen LogP contribution in [0.4, 0.5) is 4.39 Å². The van der Waals surface area contributed by atoms with Gasteiger partial charge in [-0.25, -0.2) is 4.39 Å². The van der Waals surface area contributed by atoms with E-state index >= 15 is 0 Å². The predicted molar refractivity (Wildman–Crippen MR) is 107 cm³/mol. The second-order valence-corrected chi connectivity index (χ2v) is 7.53. The van der Waals surface area contributed by atoms with Gasteiger partial charge in [0, 0.05) is 25.2 Å². The van der Waals surface area contributed by atoms with E-state index in [-0.39, 0.29) is 30.1 Å². The minimum Gasteiger partial charge on any atom is -0.351 e. The molecule has 0 unspecified atom stereocenters. The fraction of sp³-hybridized carbons (Fsp3) is 0.391. The average Bonchev–Trinajstić information content (AvgIpc) is 2.73. The van der Waals surface area contributed by atoms with Crippen LogP contribution in [0.25, 0.3) is 0 Å². The van der Waals surface area contributed by atoms with Gasteiger partial charge in [-0.3, -0.25) is 14.5 Å². The van der Waals surface area contributed by atoms with Gasteiger partial charge in [0.25, 0.3) is 0 Å². The van der Waals surface area contributed by atoms with Crippen LogP contribution in [0.3, 0.4) is 0 Å². The first-order valence-electron chi connectivity index (χ1n) is 9.76. The van der Waals surface area contributed by atoms with Crippen molar-refractivity contribution in [3.63, 3.8) is 0 Å². The molecule has 1 heterocycles. The van der Waals surface area contributed by atoms with Gasteiger partial charge in [0.1, 0.15) is 11.6 Å². The predicted octanol–water partition coefficient (Wildman–Crippen LogP) is 3.45. The zero-order chi connectivity index (χ0) is 20.1. The number of hydrogen-bond donors (Lipinski definition) is 1. The maximum atomic E-state index is 13.7. The summed E-state index contributed by atoms with van der Waals surface area (Å²) in [4.78, 5) is 27.1. The number of amides is 1. The third-order valence-electron chi connectivity index (χ3n) is 5.99. The highest BCUT2D eigenvalue weighted by atomic mass is 19.1. The Labute approximate surface area is 165 Å². The molecular weight excluding hydrogens is 355 g/mol. The van der Waals surface area contributed by atoms with Crippen molar-refractivity contribution in [2.75, 3.05) is 13.1 Å². The Morgan fingerprint density at radius 3 is 2.29 bits per heavy atom. The van der Waals surface area contributed by atoms with Crippen LogP contribution in [0.1, 0.15) is 37.8 Å². The maximum Gasteiger partial charge on any atom is 0.237 e. The van der Waals surface area contributed by atoms with Gasteiger partial charge in [0.2, 0.25) is 5.91 Å². The number of halogens is 1. The summed E-state index contributed by atoms with van der Waals surface area (Å²) in [6, 6.07) is 16.0. The second kappa shape index (κ2) is 8.65. The molecule has 3 rings (SSSR count). The normalized spacial score (nSPS) is 17.7. The van der Waals surface area contributed by atoms with E-state index in [1.807, 2.05) is 37.3 Å². The first kappa shape index (κ1) is 20.2. The van der Waals surface area contributed by atoms with Gasteiger partial charge >= 0.3 is 0 Å². The van der Waals surface area contributed by atoms with Crippen LogP contribution in [-0.2, 0) is 21.5 Å². The molecule has 1 atom stereocenters. The van der Waals surface area contributed by atoms with Crippen molar-refractivity contribution in [3.8, 4) is 0 Å². The lowest BCUT2D eigenvalue weighted by molar-refractivity contribution is -0.128. The number of Topliss-reactive ketones (excluding diaryl/α,β-unsaturated/α-hetero) is 1. The molecule has 1 N–H and O–H groups in total. The molecule has 2 aromatic rings. The average molecular weight is 382 g/mol. The Hall–Kier alpha value is -2.53. The van der Waals surface area contributed by atoms with Gasteiger partial charge in [-0.1, -0.05) is 48.5 Å². The maximum absolute atomic E-state index is 13.7. The fourth-order valence-electron chi connectivity index (χ4n) is 4.03. The standard InChI is InChI=1S/C23H27FN2O2/c1-17(22(28)25-16-19-8-6-7-11-21(19)24)26-14-12-23(13-15-26,18(2)27)20-9-4-3-5-10-20/h3-11,17H,12-16H2,1-2H3,(H,25,28)/t17-/m0/s1. The quantitative estimate of drug-likeness (QED) is 0.833. The van der Waals surface area contributed by atoms with E-state index in [1.54, 1.807) is 25.1 Å². The molecule has 0 aromatic heterocycles. The summed E-state index contributed by atoms with van der Waals surface area (Å²) in [7, 11) is 0. The summed E-state index contributed by atoms with van der Waals surface area (Å²) in [5, 5.41) is 2.82. The molecule has 0 saturated carbocycles. The van der Waals surface area contributed by atoms with Crippen LogP contribution in [0.5, 0.6) is 0 Å². The minimum atomic E-state index is -0.471. The van der Waals surface area contributed by atoms with Gasteiger partial charge in [-0.05, 0) is 38.3 Å². The molecule has 2 aromatic carbocycles. The molecule has 0 bridgehead atoms. The smallest absolute Gasteiger partial charge is 0.237 e. The number of piperidine rings is 1. The first-order chi connectivity index (χ1) is 13.4. The number of carbonyl (C=O) groups excluding carboxylic acids is 2. The molecule has 1 aliphatic heterocycles. The largest absolute Gasteiger partial charge is 0.351 e. The molecule has 148 valence electrons. The summed E-state index contributed by atoms with van der Waals surface area (Å²) < 4.78 is 13.7. The Morgan fingerprint density at radius 2 is 1.68 bits per heavy atom. The van der Waals surface area contributed by atoms with E-state index in [0.29, 0.717) is 31.5 Å². The number of benzene rings is 2. The Balaban J connectivity index is 1.61. The molecule has 4 nitrogen and oxygen atoms in total. The monoisotopic (exact) mass is 382 g/mol. The second-order valence-electron chi connectivity index (χ2n) is 7.53. The topological polar surface area (TPSA) is 49.4 Å². The van der Waals surface area contributed by atoms with Crippen LogP contribution in [0.15, 0.2) is 54.6 Å². The van der Waals surface area contributed by atoms with E-state index in [9.17, 15) is 14.0 Å². The summed E-state index contributed by atoms with van der Waals surface area (Å²) in [6.07, 6.45) is 1.38. The number of hydrogen-bond acceptors (Lipinski definition) is 3. The van der Waals surface area contributed by atoms with Crippen molar-refractivity contribution in [1.82, 2.24) is 10.2 Å². The first-order valence-corrected chi connectivity index (χ1v) is 9.76. The third kappa shape index (κ3) is 4.14. The number of likely N-dealkylation sites (tertiary alicyclic amines) is 1. The van der Waals surface area contributed by atoms with E-state index < -0.39 is 5.41 Å². The van der Waals surface area contributed by atoms with Gasteiger partial charge in [-0.15, -0.1) is 0 Å². The minimum absolute atomic E-state index is 0.127. The lowest BCUT2D eigenvalue weighted by atomic mass is 9.70. The van der Waals surface area contributed by atoms with Crippen molar-refractivity contribution < 1.29 is 14.0 Å². The van der Waals surface area contributed by atoms with E-state index in [0.717, 1.165) is 5.56 Å². The molecule has 1 saturated heterocycles. The van der Waals surface area contributed by atoms with E-state index in [1.165, 1.54) is 6.07 Å². The molecule has 0 radical (unpaired) electrons. The van der Waals surface area contributed by atoms with Crippen molar-refractivity contribution in [2.24, 2.45) is 0 Å². The molecule has 0 aliphatic carbocycles. The molecule has 5 heteroatoms. The number of carbonyl (C=O) groups is 2. The van der Waals surface area contributed by atoms with Crippen molar-refractivity contribution in [1.29, 1.82) is 0 Å². The highest BCUT2D eigenvalue weighted by Gasteiger charge is 2.41. The van der Waals surface area contributed by atoms with Crippen LogP contribution in [0.2, 0.25) is 0 Å². The molecule has 0 spiro atoms. The number of nitrogens with zero attached hydrogens (tertiary/aromatic N) is 1. The summed E-state index contributed by atoms with van der Waals surface area (Å²) >= 11 is 0. The number of rotatable bonds is 6. The molecule has 1 amide bonds. The SMILES string of the molecule is CC(=O)C1(c2ccccc2)CCN([C@@H](C)C(=O)NCc2ccccc2F)CC1. The summed E-state index contributed by atoms with van der Waals surface area (Å²) in [6.45, 7) is 5.03. The highest BCUT2D eigenvalue weighted by Crippen LogP contribution is 2.37. The van der Waals surface area contributed by atoms with Crippen molar-refractivity contribution in [3.05, 3.63) is 71.5 Å². The summed E-state index contributed by atoms with van der Waals surface area (Å²) in [5.74, 6) is -0.268. The number of ketones is 1. The highest BCUT2D eigenvalue weighted by molar-refractivity contribution is 5.88. The lowest BCUT2D eigenvalue weighted by Gasteiger charge is -2.42. The molecular formula is C23H27FN2O2. The third-order valence-corrected chi connectivity index (χ3v) is 5.99. The lowest BCUT2D eigenvalue weighted by Crippen LogP contribution is -2.53. The Kier molecular flexibility index (Phi) is 6.25. The van der Waals surface area contributed by atoms with E-state index in [4.69, 9.17) is 0 Å². The molecule has 28 heavy (non-hydrogen) atoms. The zero-order valence-corrected chi connectivity index (χ0v) is 16.5. The van der Waals surface area contributed by atoms with Crippen molar-refractivity contribution >= 4 is 11.7 Å². The van der Waals surface area contributed by atoms with Gasteiger partial charge in [0.15, 0.2) is 0 Å². The van der Waals surface area contributed by atoms with Crippen LogP contribution < -0.4 is 5.32 Å². The van der Waals surface area contributed by atoms with Crippen LogP contribution in [0, 0.1) is 5.82 Å². The van der Waals surface area contributed by atoms with Gasteiger partial charge in [0.05, 0.1) is 11.5 Å². The summed E-state index contributed by atoms with van der Waals surface area (Å²) in [5.41, 5.74) is 1.06. The molecule has 1 fully saturated rings. The van der Waals surface area contributed by atoms with Gasteiger partial charge in [-0.2, -0.15) is 0 Å². The van der Waals surface area contributed by atoms with Crippen LogP contribution >= 0.6 is 0 Å². The number of nitrogens with one attached hydrogen (secondary N) is 1. The van der Waals surface area contributed by atoms with Gasteiger partial charge < -0.3 is 5.32 Å².